The number of fused-ring (bicyclic) bond motifs is 2. The van der Waals surface area contributed by atoms with Gasteiger partial charge in [0.1, 0.15) is 11.6 Å². The highest BCUT2D eigenvalue weighted by atomic mass is 16.7. The maximum Gasteiger partial charge on any atom is 0.331 e. The number of aromatic nitrogens is 2. The van der Waals surface area contributed by atoms with Crippen LogP contribution in [0.15, 0.2) is 46.0 Å². The summed E-state index contributed by atoms with van der Waals surface area (Å²) in [5.74, 6) is 0.406. The fourth-order valence-corrected chi connectivity index (χ4v) is 4.91. The first-order valence-corrected chi connectivity index (χ1v) is 11.3. The first kappa shape index (κ1) is 22.7. The molecule has 2 aliphatic heterocycles. The summed E-state index contributed by atoms with van der Waals surface area (Å²) in [5.41, 5.74) is 0.423. The lowest BCUT2D eigenvalue weighted by molar-refractivity contribution is -0.913. The molecule has 0 saturated heterocycles. The summed E-state index contributed by atoms with van der Waals surface area (Å²) < 4.78 is 17.8. The fraction of sp³-hybridized carbons (Fsp3) is 0.320. The minimum absolute atomic E-state index is 0.0112. The molecule has 3 aromatic rings. The van der Waals surface area contributed by atoms with E-state index >= 15 is 0 Å². The number of ether oxygens (including phenoxy) is 3. The van der Waals surface area contributed by atoms with E-state index in [1.165, 1.54) is 7.11 Å². The van der Waals surface area contributed by atoms with E-state index in [1.807, 2.05) is 19.2 Å². The normalized spacial score (nSPS) is 18.2. The molecule has 3 heterocycles. The lowest BCUT2D eigenvalue weighted by Gasteiger charge is -2.32. The van der Waals surface area contributed by atoms with Gasteiger partial charge in [-0.25, -0.2) is 4.79 Å². The van der Waals surface area contributed by atoms with Gasteiger partial charge in [-0.2, -0.15) is 0 Å². The molecular formula is C25H26N3O7+. The summed E-state index contributed by atoms with van der Waals surface area (Å²) in [6, 6.07) is 10.5. The van der Waals surface area contributed by atoms with Gasteiger partial charge in [0.15, 0.2) is 17.3 Å². The number of aromatic hydroxyl groups is 1. The Hall–Kier alpha value is -4.05. The van der Waals surface area contributed by atoms with Gasteiger partial charge in [0.05, 0.1) is 39.2 Å². The number of hydrogen-bond donors (Lipinski definition) is 3. The van der Waals surface area contributed by atoms with E-state index < -0.39 is 28.5 Å². The summed E-state index contributed by atoms with van der Waals surface area (Å²) in [6.45, 7) is 0.855. The molecule has 0 saturated carbocycles. The lowest BCUT2D eigenvalue weighted by Crippen LogP contribution is -3.10. The maximum absolute atomic E-state index is 13.5. The van der Waals surface area contributed by atoms with Crippen LogP contribution in [-0.4, -0.2) is 47.9 Å². The number of quaternary nitrogens is 1. The van der Waals surface area contributed by atoms with E-state index in [0.717, 1.165) is 39.1 Å². The zero-order chi connectivity index (χ0) is 24.7. The van der Waals surface area contributed by atoms with Crippen LogP contribution in [0.1, 0.15) is 39.5 Å². The van der Waals surface area contributed by atoms with Crippen molar-refractivity contribution in [3.05, 3.63) is 79.5 Å². The summed E-state index contributed by atoms with van der Waals surface area (Å²) in [7, 11) is 3.50. The first-order valence-electron chi connectivity index (χ1n) is 11.3. The van der Waals surface area contributed by atoms with Crippen LogP contribution in [0, 0.1) is 0 Å². The third-order valence-electron chi connectivity index (χ3n) is 6.70. The summed E-state index contributed by atoms with van der Waals surface area (Å²) in [5, 5.41) is 10.9. The fourth-order valence-electron chi connectivity index (χ4n) is 4.91. The van der Waals surface area contributed by atoms with Gasteiger partial charge in [-0.15, -0.1) is 0 Å². The van der Waals surface area contributed by atoms with Crippen molar-refractivity contribution in [1.29, 1.82) is 0 Å². The SMILES string of the molecule is COc1c2c(cc3c1[C@@H](CC(=O)c1c(O)n(Cc4ccccc4)c(=O)[nH]c1=O)[NH+](C)CC3)OCO2. The Bertz CT molecular complexity index is 1410. The molecule has 0 fully saturated rings. The molecule has 1 unspecified atom stereocenters. The van der Waals surface area contributed by atoms with Crippen LogP contribution in [0.25, 0.3) is 0 Å². The predicted octanol–water partition coefficient (Wildman–Crippen LogP) is 0.413. The van der Waals surface area contributed by atoms with Crippen molar-refractivity contribution >= 4 is 5.78 Å². The molecule has 10 heteroatoms. The zero-order valence-corrected chi connectivity index (χ0v) is 19.4. The van der Waals surface area contributed by atoms with Crippen LogP contribution < -0.4 is 30.4 Å². The molecule has 2 atom stereocenters. The van der Waals surface area contributed by atoms with Gasteiger partial charge in [0.2, 0.25) is 18.4 Å². The molecule has 3 N–H and O–H groups in total. The number of likely N-dealkylation sites (N-methyl/N-ethyl adjacent to an activating group) is 1. The largest absolute Gasteiger partial charge is 0.494 e. The molecule has 0 radical (unpaired) electrons. The molecular weight excluding hydrogens is 454 g/mol. The van der Waals surface area contributed by atoms with Crippen LogP contribution in [-0.2, 0) is 13.0 Å². The summed E-state index contributed by atoms with van der Waals surface area (Å²) in [4.78, 5) is 41.7. The van der Waals surface area contributed by atoms with Gasteiger partial charge in [-0.3, -0.25) is 19.1 Å². The first-order chi connectivity index (χ1) is 16.9. The number of methoxy groups -OCH3 is 1. The van der Waals surface area contributed by atoms with Gasteiger partial charge in [0.25, 0.3) is 5.56 Å². The smallest absolute Gasteiger partial charge is 0.331 e. The number of carbonyl (C=O) groups is 1. The average molecular weight is 480 g/mol. The number of H-pyrrole nitrogens is 1. The second kappa shape index (κ2) is 8.95. The Kier molecular flexibility index (Phi) is 5.81. The van der Waals surface area contributed by atoms with Gasteiger partial charge < -0.3 is 24.2 Å². The van der Waals surface area contributed by atoms with Crippen molar-refractivity contribution in [1.82, 2.24) is 9.55 Å². The Balaban J connectivity index is 1.53. The van der Waals surface area contributed by atoms with E-state index in [9.17, 15) is 19.5 Å². The standard InChI is InChI=1S/C25H25N3O7/c1-27-9-8-15-10-18-21(35-13-34-18)22(33-2)19(15)16(27)11-17(29)20-23(30)26-25(32)28(24(20)31)12-14-6-4-3-5-7-14/h3-7,10,16,31H,8-9,11-13H2,1-2H3,(H,26,30,32)/p+1/t16-/m1/s1. The van der Waals surface area contributed by atoms with Crippen LogP contribution in [0.2, 0.25) is 0 Å². The number of nitrogens with one attached hydrogen (secondary N) is 2. The average Bonchev–Trinajstić information content (AvgIpc) is 3.31. The van der Waals surface area contributed by atoms with Crippen LogP contribution >= 0.6 is 0 Å². The molecule has 0 aliphatic carbocycles. The van der Waals surface area contributed by atoms with E-state index in [1.54, 1.807) is 24.3 Å². The van der Waals surface area contributed by atoms with Crippen LogP contribution in [0.3, 0.4) is 0 Å². The predicted molar refractivity (Wildman–Crippen MR) is 125 cm³/mol. The van der Waals surface area contributed by atoms with Gasteiger partial charge >= 0.3 is 5.69 Å². The van der Waals surface area contributed by atoms with E-state index in [2.05, 4.69) is 4.98 Å². The van der Waals surface area contributed by atoms with Crippen LogP contribution in [0.5, 0.6) is 23.1 Å². The highest BCUT2D eigenvalue weighted by Crippen LogP contribution is 2.48. The van der Waals surface area contributed by atoms with Crippen LogP contribution in [0.4, 0.5) is 0 Å². The number of benzene rings is 2. The number of hydrogen-bond acceptors (Lipinski definition) is 7. The Morgan fingerprint density at radius 1 is 1.26 bits per heavy atom. The zero-order valence-electron chi connectivity index (χ0n) is 19.4. The number of carbonyl (C=O) groups excluding carboxylic acids is 1. The molecule has 10 nitrogen and oxygen atoms in total. The second-order valence-electron chi connectivity index (χ2n) is 8.77. The third kappa shape index (κ3) is 3.95. The monoisotopic (exact) mass is 480 g/mol. The van der Waals surface area contributed by atoms with E-state index in [0.29, 0.717) is 17.2 Å². The maximum atomic E-state index is 13.5. The van der Waals surface area contributed by atoms with Crippen molar-refractivity contribution in [3.8, 4) is 23.1 Å². The minimum atomic E-state index is -0.909. The van der Waals surface area contributed by atoms with Gasteiger partial charge in [0, 0.05) is 6.42 Å². The molecule has 2 aliphatic rings. The Morgan fingerprint density at radius 2 is 2.03 bits per heavy atom. The quantitative estimate of drug-likeness (QED) is 0.437. The van der Waals surface area contributed by atoms with E-state index in [4.69, 9.17) is 14.2 Å². The molecule has 0 amide bonds. The minimum Gasteiger partial charge on any atom is -0.494 e. The Morgan fingerprint density at radius 3 is 2.77 bits per heavy atom. The molecule has 0 bridgehead atoms. The van der Waals surface area contributed by atoms with E-state index in [-0.39, 0.29) is 25.8 Å². The lowest BCUT2D eigenvalue weighted by atomic mass is 9.87. The second-order valence-corrected chi connectivity index (χ2v) is 8.77. The molecule has 2 aromatic carbocycles. The van der Waals surface area contributed by atoms with Crippen molar-refractivity contribution in [2.24, 2.45) is 0 Å². The van der Waals surface area contributed by atoms with Crippen molar-refractivity contribution in [2.45, 2.75) is 25.4 Å². The highest BCUT2D eigenvalue weighted by molar-refractivity contribution is 5.98. The summed E-state index contributed by atoms with van der Waals surface area (Å²) in [6.07, 6.45) is 0.682. The molecule has 1 aromatic heterocycles. The highest BCUT2D eigenvalue weighted by Gasteiger charge is 2.38. The van der Waals surface area contributed by atoms with Crippen molar-refractivity contribution < 1.29 is 29.0 Å². The third-order valence-corrected chi connectivity index (χ3v) is 6.70. The van der Waals surface area contributed by atoms with Crippen molar-refractivity contribution in [3.63, 3.8) is 0 Å². The molecule has 182 valence electrons. The number of Topliss-reactive ketones (excluding diaryl/α,β-unsaturated/α-hetero) is 1. The molecule has 0 spiro atoms. The van der Waals surface area contributed by atoms with Crippen molar-refractivity contribution in [2.75, 3.05) is 27.5 Å². The Labute approximate surface area is 200 Å². The van der Waals surface area contributed by atoms with Gasteiger partial charge in [-0.1, -0.05) is 30.3 Å². The number of rotatable bonds is 6. The molecule has 5 rings (SSSR count). The van der Waals surface area contributed by atoms with Gasteiger partial charge in [-0.05, 0) is 17.2 Å². The number of aromatic amines is 1. The topological polar surface area (TPSA) is 124 Å². The molecule has 35 heavy (non-hydrogen) atoms. The number of ketones is 1. The number of nitrogens with zero attached hydrogens (tertiary/aromatic N) is 1. The summed E-state index contributed by atoms with van der Waals surface area (Å²) >= 11 is 0.